The highest BCUT2D eigenvalue weighted by Crippen LogP contribution is 2.28. The van der Waals surface area contributed by atoms with Gasteiger partial charge in [-0.1, -0.05) is 6.07 Å². The third-order valence-corrected chi connectivity index (χ3v) is 5.48. The minimum absolute atomic E-state index is 0.102. The Morgan fingerprint density at radius 3 is 2.42 bits per heavy atom. The molecular formula is C25H19F3N6O2. The fourth-order valence-electron chi connectivity index (χ4n) is 3.89. The van der Waals surface area contributed by atoms with E-state index in [4.69, 9.17) is 0 Å². The zero-order chi connectivity index (χ0) is 25.4. The Balaban J connectivity index is 1.58. The molecule has 3 aromatic heterocycles. The number of aromatic nitrogens is 6. The van der Waals surface area contributed by atoms with Crippen LogP contribution in [0, 0.1) is 13.8 Å². The highest BCUT2D eigenvalue weighted by atomic mass is 19.4. The molecule has 0 aliphatic heterocycles. The molecule has 36 heavy (non-hydrogen) atoms. The number of hydrogen-bond acceptors (Lipinski definition) is 5. The molecule has 0 aliphatic carbocycles. The normalized spacial score (nSPS) is 11.6. The van der Waals surface area contributed by atoms with Crippen LogP contribution in [0.3, 0.4) is 0 Å². The molecule has 3 heterocycles. The summed E-state index contributed by atoms with van der Waals surface area (Å²) in [6.45, 7) is 3.67. The van der Waals surface area contributed by atoms with E-state index in [1.807, 2.05) is 37.4 Å². The smallest absolute Gasteiger partial charge is 0.406 e. The second-order valence-corrected chi connectivity index (χ2v) is 8.03. The van der Waals surface area contributed by atoms with Gasteiger partial charge >= 0.3 is 6.36 Å². The first-order chi connectivity index (χ1) is 17.2. The number of hydrogen-bond donors (Lipinski definition) is 0. The van der Waals surface area contributed by atoms with Crippen molar-refractivity contribution < 1.29 is 17.9 Å². The fraction of sp³-hybridized carbons (Fsp3) is 0.120. The van der Waals surface area contributed by atoms with Crippen LogP contribution in [0.1, 0.15) is 11.1 Å². The molecule has 2 aromatic carbocycles. The van der Waals surface area contributed by atoms with Crippen molar-refractivity contribution in [3.05, 3.63) is 101 Å². The van der Waals surface area contributed by atoms with Crippen LogP contribution < -0.4 is 10.2 Å². The van der Waals surface area contributed by atoms with Gasteiger partial charge in [0.15, 0.2) is 5.69 Å². The molecule has 11 heteroatoms. The Morgan fingerprint density at radius 1 is 0.861 bits per heavy atom. The van der Waals surface area contributed by atoms with E-state index in [1.165, 1.54) is 35.1 Å². The molecule has 5 aromatic rings. The van der Waals surface area contributed by atoms with Crippen molar-refractivity contribution in [2.24, 2.45) is 0 Å². The van der Waals surface area contributed by atoms with Gasteiger partial charge in [-0.05, 0) is 61.4 Å². The van der Waals surface area contributed by atoms with Gasteiger partial charge in [0.25, 0.3) is 0 Å². The average Bonchev–Trinajstić information content (AvgIpc) is 3.49. The molecular weight excluding hydrogens is 473 g/mol. The molecule has 0 fully saturated rings. The van der Waals surface area contributed by atoms with Gasteiger partial charge in [0, 0.05) is 30.7 Å². The van der Waals surface area contributed by atoms with Crippen molar-refractivity contribution in [2.75, 3.05) is 0 Å². The molecule has 182 valence electrons. The second kappa shape index (κ2) is 8.84. The van der Waals surface area contributed by atoms with Crippen LogP contribution in [0.15, 0.2) is 84.2 Å². The largest absolute Gasteiger partial charge is 0.573 e. The van der Waals surface area contributed by atoms with Gasteiger partial charge in [0.2, 0.25) is 5.43 Å². The summed E-state index contributed by atoms with van der Waals surface area (Å²) < 4.78 is 46.9. The number of benzene rings is 2. The van der Waals surface area contributed by atoms with Crippen molar-refractivity contribution in [1.82, 2.24) is 29.3 Å². The second-order valence-electron chi connectivity index (χ2n) is 8.03. The Kier molecular flexibility index (Phi) is 5.67. The van der Waals surface area contributed by atoms with E-state index in [0.717, 1.165) is 16.9 Å². The summed E-state index contributed by atoms with van der Waals surface area (Å²) in [6, 6.07) is 14.3. The molecule has 0 spiro atoms. The quantitative estimate of drug-likeness (QED) is 0.353. The minimum Gasteiger partial charge on any atom is -0.406 e. The van der Waals surface area contributed by atoms with Crippen LogP contribution in [-0.4, -0.2) is 35.7 Å². The van der Waals surface area contributed by atoms with Crippen molar-refractivity contribution in [3.63, 3.8) is 0 Å². The van der Waals surface area contributed by atoms with Crippen molar-refractivity contribution in [1.29, 1.82) is 0 Å². The third kappa shape index (κ3) is 4.50. The van der Waals surface area contributed by atoms with Crippen LogP contribution in [0.25, 0.3) is 28.5 Å². The van der Waals surface area contributed by atoms with Crippen molar-refractivity contribution in [2.45, 2.75) is 20.2 Å². The van der Waals surface area contributed by atoms with Crippen LogP contribution in [0.5, 0.6) is 5.75 Å². The van der Waals surface area contributed by atoms with Crippen molar-refractivity contribution >= 4 is 0 Å². The maximum atomic E-state index is 12.9. The Hall–Kier alpha value is -4.67. The van der Waals surface area contributed by atoms with E-state index in [9.17, 15) is 18.0 Å². The minimum atomic E-state index is -4.83. The first-order valence-corrected chi connectivity index (χ1v) is 10.8. The summed E-state index contributed by atoms with van der Waals surface area (Å²) >= 11 is 0. The van der Waals surface area contributed by atoms with Gasteiger partial charge in [-0.3, -0.25) is 4.79 Å². The first kappa shape index (κ1) is 23.1. The molecule has 0 radical (unpaired) electrons. The molecule has 8 nitrogen and oxygen atoms in total. The lowest BCUT2D eigenvalue weighted by atomic mass is 10.1. The molecule has 0 atom stereocenters. The summed E-state index contributed by atoms with van der Waals surface area (Å²) in [7, 11) is 0. The maximum Gasteiger partial charge on any atom is 0.573 e. The lowest BCUT2D eigenvalue weighted by Gasteiger charge is -2.14. The Labute approximate surface area is 202 Å². The van der Waals surface area contributed by atoms with Gasteiger partial charge in [-0.25, -0.2) is 14.0 Å². The van der Waals surface area contributed by atoms with E-state index in [2.05, 4.69) is 20.0 Å². The zero-order valence-electron chi connectivity index (χ0n) is 19.1. The van der Waals surface area contributed by atoms with E-state index >= 15 is 0 Å². The molecule has 0 N–H and O–H groups in total. The van der Waals surface area contributed by atoms with Crippen molar-refractivity contribution in [3.8, 4) is 34.2 Å². The summed E-state index contributed by atoms with van der Waals surface area (Å²) in [6.07, 6.45) is 1.78. The van der Waals surface area contributed by atoms with Crippen LogP contribution in [-0.2, 0) is 0 Å². The zero-order valence-corrected chi connectivity index (χ0v) is 19.1. The first-order valence-electron chi connectivity index (χ1n) is 10.8. The van der Waals surface area contributed by atoms with Gasteiger partial charge in [-0.2, -0.15) is 15.3 Å². The SMILES string of the molecule is Cc1cc(-n2cccn2)ccc1-n1ccc(=O)c(-c2c(C)cnn2-c2cccc(OC(F)(F)F)c2)n1. The van der Waals surface area contributed by atoms with Crippen LogP contribution in [0.4, 0.5) is 13.2 Å². The van der Waals surface area contributed by atoms with E-state index in [0.29, 0.717) is 11.3 Å². The summed E-state index contributed by atoms with van der Waals surface area (Å²) in [5.41, 5.74) is 3.54. The molecule has 0 saturated carbocycles. The van der Waals surface area contributed by atoms with Gasteiger partial charge in [0.05, 0.1) is 23.3 Å². The van der Waals surface area contributed by atoms with Gasteiger partial charge < -0.3 is 4.74 Å². The van der Waals surface area contributed by atoms with E-state index < -0.39 is 12.1 Å². The predicted octanol–water partition coefficient (Wildman–Crippen LogP) is 4.79. The van der Waals surface area contributed by atoms with E-state index in [-0.39, 0.29) is 16.8 Å². The number of rotatable bonds is 5. The number of alkyl halides is 3. The fourth-order valence-corrected chi connectivity index (χ4v) is 3.89. The molecule has 5 rings (SSSR count). The lowest BCUT2D eigenvalue weighted by Crippen LogP contribution is -2.17. The Morgan fingerprint density at radius 2 is 1.69 bits per heavy atom. The van der Waals surface area contributed by atoms with E-state index in [1.54, 1.807) is 34.7 Å². The summed E-state index contributed by atoms with van der Waals surface area (Å²) in [5, 5.41) is 13.1. The predicted molar refractivity (Wildman–Crippen MR) is 126 cm³/mol. The molecule has 0 saturated heterocycles. The topological polar surface area (TPSA) is 79.8 Å². The Bertz CT molecular complexity index is 1600. The molecule has 0 amide bonds. The van der Waals surface area contributed by atoms with Gasteiger partial charge in [0.1, 0.15) is 11.4 Å². The standard InChI is InChI=1S/C25H19F3N6O2/c1-16-13-18(32-11-4-10-29-32)7-8-21(16)33-12-9-22(35)23(31-33)24-17(2)15-30-34(24)19-5-3-6-20(14-19)36-25(26,27)28/h3-15H,1-2H3. The maximum absolute atomic E-state index is 12.9. The third-order valence-electron chi connectivity index (χ3n) is 5.48. The molecule has 0 aliphatic rings. The molecule has 0 bridgehead atoms. The highest BCUT2D eigenvalue weighted by molar-refractivity contribution is 5.62. The average molecular weight is 492 g/mol. The summed E-state index contributed by atoms with van der Waals surface area (Å²) in [4.78, 5) is 12.9. The van der Waals surface area contributed by atoms with Gasteiger partial charge in [-0.15, -0.1) is 13.2 Å². The van der Waals surface area contributed by atoms with Crippen LogP contribution >= 0.6 is 0 Å². The number of aryl methyl sites for hydroxylation is 2. The number of halogens is 3. The van der Waals surface area contributed by atoms with Crippen LogP contribution in [0.2, 0.25) is 0 Å². The monoisotopic (exact) mass is 492 g/mol. The lowest BCUT2D eigenvalue weighted by molar-refractivity contribution is -0.274. The highest BCUT2D eigenvalue weighted by Gasteiger charge is 2.31. The summed E-state index contributed by atoms with van der Waals surface area (Å²) in [5.74, 6) is -0.398. The molecule has 0 unspecified atom stereocenters. The number of nitrogens with zero attached hydrogens (tertiary/aromatic N) is 6. The number of ether oxygens (including phenoxy) is 1.